The van der Waals surface area contributed by atoms with Crippen LogP contribution in [0.25, 0.3) is 0 Å². The number of aliphatic hydroxyl groups is 2. The van der Waals surface area contributed by atoms with Gasteiger partial charge in [0.25, 0.3) is 0 Å². The second-order valence-corrected chi connectivity index (χ2v) is 4.54. The lowest BCUT2D eigenvalue weighted by Gasteiger charge is -2.27. The highest BCUT2D eigenvalue weighted by Crippen LogP contribution is 2.35. The molecule has 0 bridgehead atoms. The highest BCUT2D eigenvalue weighted by atomic mass is 35.5. The molecule has 2 rings (SSSR count). The van der Waals surface area contributed by atoms with Crippen LogP contribution in [0.15, 0.2) is 17.1 Å². The van der Waals surface area contributed by atoms with Crippen molar-refractivity contribution in [2.75, 3.05) is 12.3 Å². The maximum absolute atomic E-state index is 11.8. The lowest BCUT2D eigenvalue weighted by atomic mass is 9.92. The molecule has 108 valence electrons. The molecule has 0 aliphatic carbocycles. The summed E-state index contributed by atoms with van der Waals surface area (Å²) in [5.74, 6) is 2.45. The SMILES string of the molecule is Nc1ccn([C@@H]2O[C@H](CO)C(O)[C@]2(N)C#CCl)c(=O)n1. The van der Waals surface area contributed by atoms with Crippen molar-refractivity contribution < 1.29 is 14.9 Å². The largest absolute Gasteiger partial charge is 0.394 e. The fourth-order valence-corrected chi connectivity index (χ4v) is 2.23. The Morgan fingerprint density at radius 2 is 2.35 bits per heavy atom. The molecule has 1 aliphatic heterocycles. The van der Waals surface area contributed by atoms with Gasteiger partial charge in [0.05, 0.1) is 6.61 Å². The Balaban J connectivity index is 2.52. The Kier molecular flexibility index (Phi) is 3.99. The van der Waals surface area contributed by atoms with E-state index in [1.165, 1.54) is 12.3 Å². The summed E-state index contributed by atoms with van der Waals surface area (Å²) >= 11 is 5.35. The van der Waals surface area contributed by atoms with Crippen LogP contribution in [0.4, 0.5) is 5.82 Å². The summed E-state index contributed by atoms with van der Waals surface area (Å²) in [5, 5.41) is 21.3. The van der Waals surface area contributed by atoms with Gasteiger partial charge in [-0.05, 0) is 17.7 Å². The quantitative estimate of drug-likeness (QED) is 0.462. The molecule has 1 saturated heterocycles. The maximum atomic E-state index is 11.8. The zero-order valence-corrected chi connectivity index (χ0v) is 11.0. The van der Waals surface area contributed by atoms with Crippen molar-refractivity contribution in [2.45, 2.75) is 24.0 Å². The van der Waals surface area contributed by atoms with Gasteiger partial charge in [0.1, 0.15) is 18.0 Å². The standard InChI is InChI=1S/C11H13ClN4O4/c12-3-2-11(14)8(18)6(5-17)20-9(11)16-4-1-7(13)15-10(16)19/h1,4,6,8-9,17-18H,5,14H2,(H2,13,15,19)/t6-,8?,9-,11-/m1/s1. The molecule has 1 aromatic rings. The number of nitrogens with two attached hydrogens (primary N) is 2. The summed E-state index contributed by atoms with van der Waals surface area (Å²) in [4.78, 5) is 15.4. The van der Waals surface area contributed by atoms with Gasteiger partial charge < -0.3 is 26.4 Å². The monoisotopic (exact) mass is 300 g/mol. The van der Waals surface area contributed by atoms with E-state index in [2.05, 4.69) is 16.3 Å². The van der Waals surface area contributed by atoms with Crippen LogP contribution in [-0.2, 0) is 4.74 Å². The number of halogens is 1. The van der Waals surface area contributed by atoms with Crippen molar-refractivity contribution in [2.24, 2.45) is 5.73 Å². The highest BCUT2D eigenvalue weighted by Gasteiger charge is 2.54. The fraction of sp³-hybridized carbons (Fsp3) is 0.455. The van der Waals surface area contributed by atoms with Crippen molar-refractivity contribution >= 4 is 17.4 Å². The molecule has 9 heteroatoms. The van der Waals surface area contributed by atoms with E-state index in [0.29, 0.717) is 0 Å². The van der Waals surface area contributed by atoms with Crippen LogP contribution in [0, 0.1) is 11.3 Å². The summed E-state index contributed by atoms with van der Waals surface area (Å²) in [6.45, 7) is -0.488. The average Bonchev–Trinajstić information content (AvgIpc) is 2.63. The van der Waals surface area contributed by atoms with Gasteiger partial charge in [0, 0.05) is 11.6 Å². The number of ether oxygens (including phenoxy) is 1. The first kappa shape index (κ1) is 14.8. The first-order chi connectivity index (χ1) is 9.43. The van der Waals surface area contributed by atoms with Gasteiger partial charge in [-0.25, -0.2) is 4.79 Å². The maximum Gasteiger partial charge on any atom is 0.351 e. The minimum Gasteiger partial charge on any atom is -0.394 e. The first-order valence-electron chi connectivity index (χ1n) is 5.64. The summed E-state index contributed by atoms with van der Waals surface area (Å²) in [7, 11) is 0. The molecular weight excluding hydrogens is 288 g/mol. The minimum absolute atomic E-state index is 0.0366. The van der Waals surface area contributed by atoms with Gasteiger partial charge in [-0.3, -0.25) is 4.57 Å². The molecule has 2 heterocycles. The average molecular weight is 301 g/mol. The number of anilines is 1. The van der Waals surface area contributed by atoms with Crippen LogP contribution in [0.2, 0.25) is 0 Å². The Hall–Kier alpha value is -1.63. The van der Waals surface area contributed by atoms with Crippen molar-refractivity contribution in [1.82, 2.24) is 9.55 Å². The Morgan fingerprint density at radius 1 is 1.65 bits per heavy atom. The zero-order chi connectivity index (χ0) is 14.9. The van der Waals surface area contributed by atoms with Crippen LogP contribution in [-0.4, -0.2) is 44.1 Å². The highest BCUT2D eigenvalue weighted by molar-refractivity contribution is 6.30. The minimum atomic E-state index is -1.66. The normalized spacial score (nSPS) is 32.7. The molecule has 1 unspecified atom stereocenters. The first-order valence-corrected chi connectivity index (χ1v) is 6.02. The van der Waals surface area contributed by atoms with Crippen molar-refractivity contribution in [3.05, 3.63) is 22.7 Å². The summed E-state index contributed by atoms with van der Waals surface area (Å²) < 4.78 is 6.43. The third-order valence-electron chi connectivity index (χ3n) is 3.10. The lowest BCUT2D eigenvalue weighted by molar-refractivity contribution is -0.0476. The molecule has 0 aromatic carbocycles. The molecule has 1 fully saturated rings. The number of nitrogens with zero attached hydrogens (tertiary/aromatic N) is 2. The van der Waals surface area contributed by atoms with Gasteiger partial charge in [-0.2, -0.15) is 4.98 Å². The molecular formula is C11H13ClN4O4. The second kappa shape index (κ2) is 5.40. The van der Waals surface area contributed by atoms with E-state index < -0.39 is 36.3 Å². The molecule has 0 radical (unpaired) electrons. The van der Waals surface area contributed by atoms with E-state index in [9.17, 15) is 15.0 Å². The number of hydrogen-bond acceptors (Lipinski definition) is 7. The van der Waals surface area contributed by atoms with Crippen molar-refractivity contribution in [1.29, 1.82) is 0 Å². The van der Waals surface area contributed by atoms with Crippen LogP contribution < -0.4 is 17.2 Å². The van der Waals surface area contributed by atoms with E-state index in [4.69, 9.17) is 27.8 Å². The number of rotatable bonds is 2. The van der Waals surface area contributed by atoms with Crippen LogP contribution in [0.3, 0.4) is 0 Å². The Morgan fingerprint density at radius 3 is 2.90 bits per heavy atom. The van der Waals surface area contributed by atoms with E-state index >= 15 is 0 Å². The number of aromatic nitrogens is 2. The molecule has 4 atom stereocenters. The summed E-state index contributed by atoms with van der Waals surface area (Å²) in [6, 6.07) is 1.37. The third kappa shape index (κ3) is 2.26. The summed E-state index contributed by atoms with van der Waals surface area (Å²) in [6.07, 6.45) is -2.15. The number of hydrogen-bond donors (Lipinski definition) is 4. The van der Waals surface area contributed by atoms with Gasteiger partial charge in [0.15, 0.2) is 11.8 Å². The number of nitrogen functional groups attached to an aromatic ring is 1. The fourth-order valence-electron chi connectivity index (χ4n) is 2.07. The molecule has 0 amide bonds. The van der Waals surface area contributed by atoms with Crippen molar-refractivity contribution in [3.8, 4) is 11.3 Å². The van der Waals surface area contributed by atoms with Crippen LogP contribution in [0.1, 0.15) is 6.23 Å². The van der Waals surface area contributed by atoms with Gasteiger partial charge in [0.2, 0.25) is 0 Å². The van der Waals surface area contributed by atoms with E-state index in [1.54, 1.807) is 0 Å². The predicted octanol–water partition coefficient (Wildman–Crippen LogP) is -2.03. The van der Waals surface area contributed by atoms with E-state index in [1.807, 2.05) is 0 Å². The topological polar surface area (TPSA) is 137 Å². The summed E-state index contributed by atoms with van der Waals surface area (Å²) in [5.41, 5.74) is 9.03. The third-order valence-corrected chi connectivity index (χ3v) is 3.20. The molecule has 8 nitrogen and oxygen atoms in total. The van der Waals surface area contributed by atoms with Gasteiger partial charge in [-0.1, -0.05) is 5.92 Å². The zero-order valence-electron chi connectivity index (χ0n) is 10.2. The van der Waals surface area contributed by atoms with Crippen LogP contribution in [0.5, 0.6) is 0 Å². The van der Waals surface area contributed by atoms with E-state index in [-0.39, 0.29) is 5.82 Å². The van der Waals surface area contributed by atoms with Gasteiger partial charge >= 0.3 is 5.69 Å². The van der Waals surface area contributed by atoms with Crippen LogP contribution >= 0.6 is 11.6 Å². The molecule has 20 heavy (non-hydrogen) atoms. The molecule has 0 saturated carbocycles. The second-order valence-electron chi connectivity index (χ2n) is 4.35. The number of aliphatic hydroxyl groups excluding tert-OH is 2. The predicted molar refractivity (Wildman–Crippen MR) is 70.5 cm³/mol. The Labute approximate surface area is 118 Å². The molecule has 0 spiro atoms. The van der Waals surface area contributed by atoms with Gasteiger partial charge in [-0.15, -0.1) is 0 Å². The van der Waals surface area contributed by atoms with Crippen molar-refractivity contribution in [3.63, 3.8) is 0 Å². The Bertz CT molecular complexity index is 625. The molecule has 6 N–H and O–H groups in total. The lowest BCUT2D eigenvalue weighted by Crippen LogP contribution is -2.54. The van der Waals surface area contributed by atoms with E-state index in [0.717, 1.165) is 4.57 Å². The molecule has 1 aromatic heterocycles. The molecule has 1 aliphatic rings. The smallest absolute Gasteiger partial charge is 0.351 e.